The summed E-state index contributed by atoms with van der Waals surface area (Å²) in [5, 5.41) is 7.84. The number of hydrogen-bond acceptors (Lipinski definition) is 8. The molecule has 4 rings (SSSR count). The number of unbranched alkanes of at least 4 members (excludes halogenated alkanes) is 2. The first-order valence-corrected chi connectivity index (χ1v) is 17.7. The van der Waals surface area contributed by atoms with E-state index in [-0.39, 0.29) is 40.6 Å². The van der Waals surface area contributed by atoms with Gasteiger partial charge in [-0.05, 0) is 95.8 Å². The molecule has 1 aromatic heterocycles. The monoisotopic (exact) mass is 681 g/mol. The number of aliphatic imine (C=N–C) groups is 1. The quantitative estimate of drug-likeness (QED) is 0.126. The summed E-state index contributed by atoms with van der Waals surface area (Å²) in [7, 11) is 1.54. The largest absolute Gasteiger partial charge is 0.496 e. The molecule has 1 unspecified atom stereocenters. The van der Waals surface area contributed by atoms with Crippen LogP contribution in [0.3, 0.4) is 0 Å². The van der Waals surface area contributed by atoms with E-state index in [9.17, 15) is 9.59 Å². The van der Waals surface area contributed by atoms with Crippen molar-refractivity contribution in [1.82, 2.24) is 14.8 Å². The van der Waals surface area contributed by atoms with Crippen molar-refractivity contribution in [2.24, 2.45) is 10.9 Å². The van der Waals surface area contributed by atoms with Gasteiger partial charge < -0.3 is 19.7 Å². The second kappa shape index (κ2) is 16.6. The average Bonchev–Trinajstić information content (AvgIpc) is 3.63. The summed E-state index contributed by atoms with van der Waals surface area (Å²) in [5.41, 5.74) is 2.92. The van der Waals surface area contributed by atoms with Gasteiger partial charge >= 0.3 is 5.97 Å². The van der Waals surface area contributed by atoms with Crippen LogP contribution in [0, 0.1) is 19.4 Å². The first-order chi connectivity index (χ1) is 23.9. The molecule has 11 heteroatoms. The Morgan fingerprint density at radius 2 is 1.82 bits per heavy atom. The minimum absolute atomic E-state index is 0.00747. The standard InChI is InChI=1S/C39H51N7O4/c1-11-15-17-26(13-3)37(47)41-27-18-21-31(49-10)29(24-27)34-43-35-32(38(48)50-39(6,7)8)33(40-9)36(46(35)44-34)42-30-20-19-28(23-25(30)5)45(14-4)22-16-12-2/h18-21,23-24,26H,11-17,22H2,1-8,10H3,(H,41,47). The van der Waals surface area contributed by atoms with Crippen molar-refractivity contribution in [2.75, 3.05) is 30.4 Å². The molecule has 3 aromatic rings. The number of aromatic nitrogens is 3. The van der Waals surface area contributed by atoms with Crippen molar-refractivity contribution in [3.8, 4) is 17.1 Å². The number of allylic oxidation sites excluding steroid dienone is 1. The maximum absolute atomic E-state index is 13.7. The number of fused-ring (bicyclic) bond motifs is 1. The molecular weight excluding hydrogens is 630 g/mol. The highest BCUT2D eigenvalue weighted by Crippen LogP contribution is 2.37. The van der Waals surface area contributed by atoms with Crippen LogP contribution in [0.1, 0.15) is 98.4 Å². The van der Waals surface area contributed by atoms with E-state index in [1.807, 2.05) is 26.0 Å². The Bertz CT molecular complexity index is 1810. The second-order valence-corrected chi connectivity index (χ2v) is 13.5. The minimum Gasteiger partial charge on any atom is -0.496 e. The fourth-order valence-electron chi connectivity index (χ4n) is 5.85. The number of nitrogens with zero attached hydrogens (tertiary/aromatic N) is 6. The lowest BCUT2D eigenvalue weighted by atomic mass is 9.98. The van der Waals surface area contributed by atoms with E-state index in [0.29, 0.717) is 22.7 Å². The third kappa shape index (κ3) is 8.59. The summed E-state index contributed by atoms with van der Waals surface area (Å²) in [5.74, 6) is 0.207. The van der Waals surface area contributed by atoms with Crippen LogP contribution < -0.4 is 15.0 Å². The van der Waals surface area contributed by atoms with Gasteiger partial charge in [-0.2, -0.15) is 0 Å². The predicted octanol–water partition coefficient (Wildman–Crippen LogP) is 8.61. The number of methoxy groups -OCH3 is 1. The van der Waals surface area contributed by atoms with E-state index in [1.54, 1.807) is 46.1 Å². The zero-order chi connectivity index (χ0) is 36.6. The zero-order valence-corrected chi connectivity index (χ0v) is 31.0. The molecule has 2 aromatic carbocycles. The molecule has 50 heavy (non-hydrogen) atoms. The maximum atomic E-state index is 13.7. The molecular formula is C39H51N7O4. The number of aryl methyl sites for hydroxylation is 1. The minimum atomic E-state index is -0.816. The molecule has 266 valence electrons. The number of hydrogen-bond donors (Lipinski definition) is 1. The van der Waals surface area contributed by atoms with Gasteiger partial charge in [0.15, 0.2) is 17.5 Å². The van der Waals surface area contributed by atoms with Gasteiger partial charge in [0.2, 0.25) is 11.6 Å². The molecule has 1 aliphatic heterocycles. The Labute approximate surface area is 296 Å². The van der Waals surface area contributed by atoms with Gasteiger partial charge in [0, 0.05) is 30.4 Å². The Balaban J connectivity index is 1.83. The summed E-state index contributed by atoms with van der Waals surface area (Å²) in [6, 6.07) is 11.3. The van der Waals surface area contributed by atoms with Crippen molar-refractivity contribution in [1.29, 1.82) is 0 Å². The third-order valence-corrected chi connectivity index (χ3v) is 8.61. The van der Waals surface area contributed by atoms with Gasteiger partial charge in [0.05, 0.1) is 24.9 Å². The summed E-state index contributed by atoms with van der Waals surface area (Å²) in [4.78, 5) is 42.6. The van der Waals surface area contributed by atoms with Crippen molar-refractivity contribution < 1.29 is 19.1 Å². The van der Waals surface area contributed by atoms with Crippen LogP contribution >= 0.6 is 0 Å². The van der Waals surface area contributed by atoms with Crippen molar-refractivity contribution in [3.63, 3.8) is 0 Å². The molecule has 0 fully saturated rings. The average molecular weight is 682 g/mol. The van der Waals surface area contributed by atoms with Crippen LogP contribution in [-0.2, 0) is 14.3 Å². The van der Waals surface area contributed by atoms with Gasteiger partial charge in [-0.25, -0.2) is 24.3 Å². The number of carbonyl (C=O) groups is 2. The van der Waals surface area contributed by atoms with Crippen LogP contribution in [0.15, 0.2) is 47.1 Å². The SMILES string of the molecule is [C-]#[N+]C1=C(C(=O)OC(C)(C)C)c2nc(-c3cc(NC(=O)C(CC)CCCC)ccc3OC)nn2C1=Nc1ccc(N(CC)CCCC)cc1C. The molecule has 1 N–H and O–H groups in total. The van der Waals surface area contributed by atoms with E-state index >= 15 is 0 Å². The Morgan fingerprint density at radius 1 is 1.08 bits per heavy atom. The highest BCUT2D eigenvalue weighted by atomic mass is 16.6. The number of carbonyl (C=O) groups excluding carboxylic acids is 2. The lowest BCUT2D eigenvalue weighted by Gasteiger charge is -2.23. The zero-order valence-electron chi connectivity index (χ0n) is 31.0. The lowest BCUT2D eigenvalue weighted by Crippen LogP contribution is -2.24. The predicted molar refractivity (Wildman–Crippen MR) is 200 cm³/mol. The van der Waals surface area contributed by atoms with Crippen molar-refractivity contribution in [3.05, 3.63) is 64.9 Å². The van der Waals surface area contributed by atoms with Gasteiger partial charge in [0.25, 0.3) is 0 Å². The summed E-state index contributed by atoms with van der Waals surface area (Å²) in [6.45, 7) is 25.7. The number of rotatable bonds is 15. The van der Waals surface area contributed by atoms with Crippen LogP contribution in [0.4, 0.5) is 17.1 Å². The molecule has 0 aliphatic carbocycles. The molecule has 0 saturated heterocycles. The van der Waals surface area contributed by atoms with Crippen molar-refractivity contribution >= 4 is 40.3 Å². The number of amides is 1. The summed E-state index contributed by atoms with van der Waals surface area (Å²) < 4.78 is 12.9. The normalized spacial score (nSPS) is 14.0. The fourth-order valence-corrected chi connectivity index (χ4v) is 5.85. The van der Waals surface area contributed by atoms with E-state index in [0.717, 1.165) is 62.9 Å². The number of ether oxygens (including phenoxy) is 2. The molecule has 0 spiro atoms. The number of esters is 1. The summed E-state index contributed by atoms with van der Waals surface area (Å²) >= 11 is 0. The second-order valence-electron chi connectivity index (χ2n) is 13.5. The van der Waals surface area contributed by atoms with E-state index in [1.165, 1.54) is 4.68 Å². The lowest BCUT2D eigenvalue weighted by molar-refractivity contribution is -0.147. The number of nitrogens with one attached hydrogen (secondary N) is 1. The number of benzene rings is 2. The maximum Gasteiger partial charge on any atom is 0.332 e. The van der Waals surface area contributed by atoms with Crippen LogP contribution in [0.2, 0.25) is 0 Å². The van der Waals surface area contributed by atoms with Gasteiger partial charge in [-0.1, -0.05) is 40.0 Å². The number of anilines is 2. The van der Waals surface area contributed by atoms with Gasteiger partial charge in [-0.15, -0.1) is 5.10 Å². The third-order valence-electron chi connectivity index (χ3n) is 8.61. The highest BCUT2D eigenvalue weighted by molar-refractivity contribution is 6.29. The van der Waals surface area contributed by atoms with Gasteiger partial charge in [0.1, 0.15) is 16.9 Å². The molecule has 1 aliphatic rings. The van der Waals surface area contributed by atoms with Gasteiger partial charge in [-0.3, -0.25) is 4.79 Å². The van der Waals surface area contributed by atoms with Crippen LogP contribution in [-0.4, -0.2) is 58.3 Å². The summed E-state index contributed by atoms with van der Waals surface area (Å²) in [6.07, 6.45) is 5.77. The Hall–Kier alpha value is -4.98. The molecule has 2 heterocycles. The fraction of sp³-hybridized carbons (Fsp3) is 0.487. The molecule has 0 bridgehead atoms. The molecule has 0 radical (unpaired) electrons. The molecule has 1 atom stereocenters. The van der Waals surface area contributed by atoms with Crippen LogP contribution in [0.25, 0.3) is 21.8 Å². The highest BCUT2D eigenvalue weighted by Gasteiger charge is 2.39. The topological polar surface area (TPSA) is 115 Å². The van der Waals surface area contributed by atoms with E-state index < -0.39 is 11.6 Å². The van der Waals surface area contributed by atoms with Crippen molar-refractivity contribution in [2.45, 2.75) is 99.5 Å². The Morgan fingerprint density at radius 3 is 2.42 bits per heavy atom. The molecule has 11 nitrogen and oxygen atoms in total. The van der Waals surface area contributed by atoms with E-state index in [2.05, 4.69) is 41.9 Å². The first kappa shape index (κ1) is 37.8. The smallest absolute Gasteiger partial charge is 0.332 e. The molecule has 1 amide bonds. The first-order valence-electron chi connectivity index (χ1n) is 17.7. The Kier molecular flexibility index (Phi) is 12.6. The van der Waals surface area contributed by atoms with Crippen LogP contribution in [0.5, 0.6) is 5.75 Å². The van der Waals surface area contributed by atoms with E-state index in [4.69, 9.17) is 31.1 Å². The molecule has 0 saturated carbocycles.